The highest BCUT2D eigenvalue weighted by Crippen LogP contribution is 2.51. The highest BCUT2D eigenvalue weighted by molar-refractivity contribution is 8.01. The van der Waals surface area contributed by atoms with Crippen molar-refractivity contribution in [2.45, 2.75) is 60.0 Å². The second-order valence-corrected chi connectivity index (χ2v) is 8.18. The Kier molecular flexibility index (Phi) is 3.78. The lowest BCUT2D eigenvalue weighted by atomic mass is 9.96. The van der Waals surface area contributed by atoms with E-state index in [2.05, 4.69) is 34.9 Å². The molecule has 0 spiro atoms. The predicted molar refractivity (Wildman–Crippen MR) is 87.1 cm³/mol. The molecule has 1 aromatic carbocycles. The third kappa shape index (κ3) is 3.10. The maximum absolute atomic E-state index is 12.1. The van der Waals surface area contributed by atoms with Crippen LogP contribution in [0.1, 0.15) is 32.1 Å². The summed E-state index contributed by atoms with van der Waals surface area (Å²) in [6.07, 6.45) is 6.17. The average Bonchev–Trinajstić information content (AvgIpc) is 2.97. The van der Waals surface area contributed by atoms with Gasteiger partial charge in [0.1, 0.15) is 0 Å². The van der Waals surface area contributed by atoms with Gasteiger partial charge in [0, 0.05) is 16.2 Å². The van der Waals surface area contributed by atoms with Gasteiger partial charge in [-0.25, -0.2) is 4.79 Å². The molecule has 3 atom stereocenters. The van der Waals surface area contributed by atoms with E-state index in [-0.39, 0.29) is 22.9 Å². The highest BCUT2D eigenvalue weighted by Gasteiger charge is 2.45. The van der Waals surface area contributed by atoms with Gasteiger partial charge in [0.2, 0.25) is 0 Å². The van der Waals surface area contributed by atoms with Crippen LogP contribution in [0.4, 0.5) is 4.79 Å². The number of ether oxygens (including phenoxy) is 1. The summed E-state index contributed by atoms with van der Waals surface area (Å²) in [5, 5.41) is 6.16. The van der Waals surface area contributed by atoms with Crippen LogP contribution in [0.25, 0.3) is 0 Å². The molecule has 5 heteroatoms. The second-order valence-electron chi connectivity index (χ2n) is 6.64. The molecular weight excluding hydrogens is 296 g/mol. The van der Waals surface area contributed by atoms with E-state index >= 15 is 0 Å². The SMILES string of the molecule is O=C(NCC1(Sc2ccccc2)CC1)NC1CC2CCC1O2. The van der Waals surface area contributed by atoms with Gasteiger partial charge in [-0.1, -0.05) is 18.2 Å². The van der Waals surface area contributed by atoms with Gasteiger partial charge in [-0.2, -0.15) is 0 Å². The zero-order valence-corrected chi connectivity index (χ0v) is 13.4. The highest BCUT2D eigenvalue weighted by atomic mass is 32.2. The molecule has 2 N–H and O–H groups in total. The number of hydrogen-bond acceptors (Lipinski definition) is 3. The molecule has 2 saturated heterocycles. The summed E-state index contributed by atoms with van der Waals surface area (Å²) < 4.78 is 5.97. The standard InChI is InChI=1S/C17H22N2O2S/c20-16(19-14-10-12-6-7-15(14)21-12)18-11-17(8-9-17)22-13-4-2-1-3-5-13/h1-5,12,14-15H,6-11H2,(H2,18,19,20). The molecule has 0 aromatic heterocycles. The van der Waals surface area contributed by atoms with E-state index in [1.165, 1.54) is 17.7 Å². The minimum Gasteiger partial charge on any atom is -0.373 e. The maximum Gasteiger partial charge on any atom is 0.315 e. The van der Waals surface area contributed by atoms with Crippen molar-refractivity contribution in [3.05, 3.63) is 30.3 Å². The molecule has 3 unspecified atom stereocenters. The van der Waals surface area contributed by atoms with Crippen molar-refractivity contribution in [1.82, 2.24) is 10.6 Å². The van der Waals surface area contributed by atoms with E-state index in [0.29, 0.717) is 6.10 Å². The van der Waals surface area contributed by atoms with Crippen molar-refractivity contribution in [2.24, 2.45) is 0 Å². The Balaban J connectivity index is 1.25. The average molecular weight is 318 g/mol. The molecule has 3 aliphatic rings. The molecule has 118 valence electrons. The van der Waals surface area contributed by atoms with Crippen molar-refractivity contribution in [3.63, 3.8) is 0 Å². The molecule has 0 radical (unpaired) electrons. The fourth-order valence-electron chi connectivity index (χ4n) is 3.44. The first-order valence-corrected chi connectivity index (χ1v) is 8.98. The minimum atomic E-state index is -0.0407. The first-order valence-electron chi connectivity index (χ1n) is 8.16. The Morgan fingerprint density at radius 3 is 2.73 bits per heavy atom. The lowest BCUT2D eigenvalue weighted by Gasteiger charge is -2.21. The second kappa shape index (κ2) is 5.78. The third-order valence-corrected chi connectivity index (χ3v) is 6.37. The van der Waals surface area contributed by atoms with Gasteiger partial charge in [0.15, 0.2) is 0 Å². The zero-order valence-electron chi connectivity index (χ0n) is 12.6. The van der Waals surface area contributed by atoms with E-state index in [1.54, 1.807) is 0 Å². The number of carbonyl (C=O) groups excluding carboxylic acids is 1. The third-order valence-electron chi connectivity index (χ3n) is 4.88. The van der Waals surface area contributed by atoms with Gasteiger partial charge in [-0.15, -0.1) is 11.8 Å². The van der Waals surface area contributed by atoms with Crippen molar-refractivity contribution >= 4 is 17.8 Å². The molecule has 1 saturated carbocycles. The van der Waals surface area contributed by atoms with Crippen LogP contribution in [-0.4, -0.2) is 35.6 Å². The predicted octanol–water partition coefficient (Wildman–Crippen LogP) is 2.93. The topological polar surface area (TPSA) is 50.4 Å². The van der Waals surface area contributed by atoms with Gasteiger partial charge in [-0.3, -0.25) is 0 Å². The number of urea groups is 1. The Bertz CT molecular complexity index is 547. The van der Waals surface area contributed by atoms with Crippen LogP contribution in [0.3, 0.4) is 0 Å². The zero-order chi connectivity index (χ0) is 15.0. The largest absolute Gasteiger partial charge is 0.373 e. The van der Waals surface area contributed by atoms with Crippen molar-refractivity contribution < 1.29 is 9.53 Å². The van der Waals surface area contributed by atoms with E-state index in [4.69, 9.17) is 4.74 Å². The Morgan fingerprint density at radius 1 is 1.27 bits per heavy atom. The van der Waals surface area contributed by atoms with Crippen LogP contribution < -0.4 is 10.6 Å². The Hall–Kier alpha value is -1.20. The van der Waals surface area contributed by atoms with Crippen LogP contribution in [0.2, 0.25) is 0 Å². The molecule has 2 heterocycles. The number of nitrogens with one attached hydrogen (secondary N) is 2. The molecule has 1 aromatic rings. The number of hydrogen-bond donors (Lipinski definition) is 2. The Morgan fingerprint density at radius 2 is 2.09 bits per heavy atom. The quantitative estimate of drug-likeness (QED) is 0.877. The summed E-state index contributed by atoms with van der Waals surface area (Å²) >= 11 is 1.89. The van der Waals surface area contributed by atoms with Crippen LogP contribution in [0.15, 0.2) is 35.2 Å². The molecular formula is C17H22N2O2S. The summed E-state index contributed by atoms with van der Waals surface area (Å²) in [4.78, 5) is 13.4. The van der Waals surface area contributed by atoms with Crippen molar-refractivity contribution in [3.8, 4) is 0 Å². The normalized spacial score (nSPS) is 31.0. The Labute approximate surface area is 135 Å². The van der Waals surface area contributed by atoms with Crippen LogP contribution in [0.5, 0.6) is 0 Å². The molecule has 4 rings (SSSR count). The van der Waals surface area contributed by atoms with Crippen LogP contribution >= 0.6 is 11.8 Å². The lowest BCUT2D eigenvalue weighted by Crippen LogP contribution is -2.47. The first-order chi connectivity index (χ1) is 10.7. The fraction of sp³-hybridized carbons (Fsp3) is 0.588. The van der Waals surface area contributed by atoms with E-state index in [0.717, 1.165) is 25.8 Å². The smallest absolute Gasteiger partial charge is 0.315 e. The summed E-state index contributed by atoms with van der Waals surface area (Å²) in [7, 11) is 0. The summed E-state index contributed by atoms with van der Waals surface area (Å²) in [6.45, 7) is 0.736. The monoisotopic (exact) mass is 318 g/mol. The molecule has 22 heavy (non-hydrogen) atoms. The molecule has 4 nitrogen and oxygen atoms in total. The lowest BCUT2D eigenvalue weighted by molar-refractivity contribution is 0.0981. The van der Waals surface area contributed by atoms with Crippen molar-refractivity contribution in [1.29, 1.82) is 0 Å². The van der Waals surface area contributed by atoms with Gasteiger partial charge in [-0.05, 0) is 44.2 Å². The van der Waals surface area contributed by atoms with Gasteiger partial charge >= 0.3 is 6.03 Å². The molecule has 2 amide bonds. The first kappa shape index (κ1) is 14.4. The van der Waals surface area contributed by atoms with Gasteiger partial charge in [0.25, 0.3) is 0 Å². The van der Waals surface area contributed by atoms with Crippen LogP contribution in [0, 0.1) is 0 Å². The molecule has 1 aliphatic carbocycles. The molecule has 2 aliphatic heterocycles. The fourth-order valence-corrected chi connectivity index (χ4v) is 4.69. The number of carbonyl (C=O) groups is 1. The van der Waals surface area contributed by atoms with Gasteiger partial charge in [0.05, 0.1) is 18.2 Å². The van der Waals surface area contributed by atoms with Gasteiger partial charge < -0.3 is 15.4 Å². The number of rotatable bonds is 5. The minimum absolute atomic E-state index is 0.0407. The van der Waals surface area contributed by atoms with Crippen molar-refractivity contribution in [2.75, 3.05) is 6.54 Å². The molecule has 3 fully saturated rings. The van der Waals surface area contributed by atoms with E-state index in [9.17, 15) is 4.79 Å². The number of thioether (sulfide) groups is 1. The molecule has 2 bridgehead atoms. The van der Waals surface area contributed by atoms with E-state index < -0.39 is 0 Å². The summed E-state index contributed by atoms with van der Waals surface area (Å²) in [6, 6.07) is 10.6. The summed E-state index contributed by atoms with van der Waals surface area (Å²) in [5.41, 5.74) is 0. The number of benzene rings is 1. The summed E-state index contributed by atoms with van der Waals surface area (Å²) in [5.74, 6) is 0. The number of fused-ring (bicyclic) bond motifs is 2. The maximum atomic E-state index is 12.1. The van der Waals surface area contributed by atoms with Crippen LogP contribution in [-0.2, 0) is 4.74 Å². The van der Waals surface area contributed by atoms with E-state index in [1.807, 2.05) is 17.8 Å². The number of amides is 2.